The number of rotatable bonds is 5. The quantitative estimate of drug-likeness (QED) is 0.888. The fourth-order valence-corrected chi connectivity index (χ4v) is 2.58. The molecule has 0 saturated heterocycles. The summed E-state index contributed by atoms with van der Waals surface area (Å²) >= 11 is 1.47. The van der Waals surface area contributed by atoms with Crippen LogP contribution >= 0.6 is 11.3 Å². The molecule has 0 saturated carbocycles. The van der Waals surface area contributed by atoms with Crippen molar-refractivity contribution in [2.45, 2.75) is 32.3 Å². The zero-order valence-electron chi connectivity index (χ0n) is 11.5. The number of aromatic nitrogens is 1. The molecule has 5 heteroatoms. The van der Waals surface area contributed by atoms with E-state index in [2.05, 4.69) is 24.1 Å². The lowest BCUT2D eigenvalue weighted by Crippen LogP contribution is -2.15. The molecule has 4 nitrogen and oxygen atoms in total. The van der Waals surface area contributed by atoms with E-state index in [1.807, 2.05) is 18.2 Å². The second-order valence-electron chi connectivity index (χ2n) is 4.90. The monoisotopic (exact) mass is 290 g/mol. The Balaban J connectivity index is 1.92. The van der Waals surface area contributed by atoms with Crippen molar-refractivity contribution in [2.75, 3.05) is 5.32 Å². The second kappa shape index (κ2) is 6.63. The van der Waals surface area contributed by atoms with E-state index in [0.29, 0.717) is 11.0 Å². The van der Waals surface area contributed by atoms with E-state index in [1.165, 1.54) is 11.3 Å². The van der Waals surface area contributed by atoms with Crippen molar-refractivity contribution in [3.05, 3.63) is 47.0 Å². The summed E-state index contributed by atoms with van der Waals surface area (Å²) in [5.41, 5.74) is 0.740. The van der Waals surface area contributed by atoms with Gasteiger partial charge in [0, 0.05) is 11.1 Å². The summed E-state index contributed by atoms with van der Waals surface area (Å²) in [4.78, 5) is 17.2. The maximum atomic E-state index is 11.9. The van der Waals surface area contributed by atoms with Gasteiger partial charge >= 0.3 is 0 Å². The Hall–Kier alpha value is -1.72. The van der Waals surface area contributed by atoms with Crippen LogP contribution in [-0.4, -0.2) is 16.0 Å². The number of carbonyl (C=O) groups is 1. The van der Waals surface area contributed by atoms with Crippen LogP contribution in [-0.2, 0) is 4.79 Å². The third-order valence-corrected chi connectivity index (χ3v) is 4.12. The molecule has 0 bridgehead atoms. The van der Waals surface area contributed by atoms with Gasteiger partial charge in [-0.15, -0.1) is 11.3 Å². The summed E-state index contributed by atoms with van der Waals surface area (Å²) in [5, 5.41) is 13.3. The lowest BCUT2D eigenvalue weighted by molar-refractivity contribution is -0.118. The first kappa shape index (κ1) is 14.7. The fraction of sp³-hybridized carbons (Fsp3) is 0.333. The van der Waals surface area contributed by atoms with Crippen LogP contribution in [0.1, 0.15) is 42.7 Å². The number of thiazole rings is 1. The Labute approximate surface area is 122 Å². The maximum Gasteiger partial charge on any atom is 0.229 e. The Morgan fingerprint density at radius 2 is 2.05 bits per heavy atom. The summed E-state index contributed by atoms with van der Waals surface area (Å²) in [6.45, 7) is 4.16. The van der Waals surface area contributed by atoms with Gasteiger partial charge in [0.15, 0.2) is 5.13 Å². The molecule has 2 rings (SSSR count). The molecule has 0 aliphatic rings. The highest BCUT2D eigenvalue weighted by Gasteiger charge is 2.14. The number of hydrogen-bond acceptors (Lipinski definition) is 4. The molecule has 0 radical (unpaired) electrons. The van der Waals surface area contributed by atoms with Crippen molar-refractivity contribution in [3.63, 3.8) is 0 Å². The van der Waals surface area contributed by atoms with Crippen molar-refractivity contribution in [3.8, 4) is 0 Å². The molecule has 1 aromatic heterocycles. The number of hydrogen-bond donors (Lipinski definition) is 2. The molecule has 1 atom stereocenters. The summed E-state index contributed by atoms with van der Waals surface area (Å²) in [6.07, 6.45) is 1.01. The molecule has 1 amide bonds. The summed E-state index contributed by atoms with van der Waals surface area (Å²) in [7, 11) is 0. The second-order valence-corrected chi connectivity index (χ2v) is 5.96. The molecule has 1 heterocycles. The molecular formula is C15H18N2O2S. The molecule has 2 aromatic rings. The van der Waals surface area contributed by atoms with E-state index >= 15 is 0 Å². The number of nitrogens with one attached hydrogen (secondary N) is 1. The van der Waals surface area contributed by atoms with E-state index in [-0.39, 0.29) is 12.3 Å². The number of aliphatic hydroxyl groups excluding tert-OH is 1. The highest BCUT2D eigenvalue weighted by atomic mass is 32.1. The first-order valence-electron chi connectivity index (χ1n) is 6.55. The van der Waals surface area contributed by atoms with Gasteiger partial charge in [-0.2, -0.15) is 0 Å². The van der Waals surface area contributed by atoms with E-state index in [4.69, 9.17) is 0 Å². The van der Waals surface area contributed by atoms with E-state index in [0.717, 1.165) is 10.4 Å². The lowest BCUT2D eigenvalue weighted by atomic mass is 10.1. The zero-order chi connectivity index (χ0) is 14.5. The van der Waals surface area contributed by atoms with Gasteiger partial charge < -0.3 is 10.4 Å². The van der Waals surface area contributed by atoms with E-state index in [9.17, 15) is 9.90 Å². The first-order chi connectivity index (χ1) is 9.56. The average molecular weight is 290 g/mol. The predicted molar refractivity (Wildman–Crippen MR) is 80.9 cm³/mol. The van der Waals surface area contributed by atoms with E-state index in [1.54, 1.807) is 18.3 Å². The fourth-order valence-electron chi connectivity index (χ4n) is 1.75. The minimum Gasteiger partial charge on any atom is -0.388 e. The normalized spacial score (nSPS) is 12.4. The van der Waals surface area contributed by atoms with Crippen LogP contribution in [0.15, 0.2) is 36.5 Å². The molecule has 0 spiro atoms. The molecule has 1 aromatic carbocycles. The molecule has 0 fully saturated rings. The van der Waals surface area contributed by atoms with Crippen molar-refractivity contribution >= 4 is 22.4 Å². The van der Waals surface area contributed by atoms with Crippen LogP contribution in [0.25, 0.3) is 0 Å². The topological polar surface area (TPSA) is 62.2 Å². The minimum absolute atomic E-state index is 0.0284. The van der Waals surface area contributed by atoms with E-state index < -0.39 is 6.10 Å². The van der Waals surface area contributed by atoms with Crippen LogP contribution in [0.2, 0.25) is 0 Å². The smallest absolute Gasteiger partial charge is 0.229 e. The number of aliphatic hydroxyl groups is 1. The SMILES string of the molecule is CC(C)c1cnc(NC(=O)CC(O)c2ccccc2)s1. The van der Waals surface area contributed by atoms with Gasteiger partial charge in [-0.25, -0.2) is 4.98 Å². The van der Waals surface area contributed by atoms with Crippen molar-refractivity contribution in [1.29, 1.82) is 0 Å². The van der Waals surface area contributed by atoms with Crippen LogP contribution < -0.4 is 5.32 Å². The Bertz CT molecular complexity index is 566. The highest BCUT2D eigenvalue weighted by molar-refractivity contribution is 7.15. The lowest BCUT2D eigenvalue weighted by Gasteiger charge is -2.09. The summed E-state index contributed by atoms with van der Waals surface area (Å²) in [5.74, 6) is 0.166. The number of anilines is 1. The molecule has 1 unspecified atom stereocenters. The Morgan fingerprint density at radius 3 is 2.65 bits per heavy atom. The standard InChI is InChI=1S/C15H18N2O2S/c1-10(2)13-9-16-15(20-13)17-14(19)8-12(18)11-6-4-3-5-7-11/h3-7,9-10,12,18H,8H2,1-2H3,(H,16,17,19). The van der Waals surface area contributed by atoms with Crippen LogP contribution in [0, 0.1) is 0 Å². The van der Waals surface area contributed by atoms with Gasteiger partial charge in [0.2, 0.25) is 5.91 Å². The third kappa shape index (κ3) is 3.88. The van der Waals surface area contributed by atoms with Gasteiger partial charge in [0.25, 0.3) is 0 Å². The molecule has 0 aliphatic carbocycles. The number of amides is 1. The summed E-state index contributed by atoms with van der Waals surface area (Å²) in [6, 6.07) is 9.16. The number of nitrogens with zero attached hydrogens (tertiary/aromatic N) is 1. The van der Waals surface area contributed by atoms with Gasteiger partial charge in [-0.3, -0.25) is 4.79 Å². The third-order valence-electron chi connectivity index (χ3n) is 2.90. The molecule has 2 N–H and O–H groups in total. The van der Waals surface area contributed by atoms with Gasteiger partial charge in [0.1, 0.15) is 0 Å². The molecule has 0 aliphatic heterocycles. The van der Waals surface area contributed by atoms with Crippen LogP contribution in [0.3, 0.4) is 0 Å². The highest BCUT2D eigenvalue weighted by Crippen LogP contribution is 2.25. The molecular weight excluding hydrogens is 272 g/mol. The van der Waals surface area contributed by atoms with Gasteiger partial charge in [-0.1, -0.05) is 44.2 Å². The molecule has 20 heavy (non-hydrogen) atoms. The van der Waals surface area contributed by atoms with Crippen molar-refractivity contribution in [1.82, 2.24) is 4.98 Å². The zero-order valence-corrected chi connectivity index (χ0v) is 12.4. The largest absolute Gasteiger partial charge is 0.388 e. The predicted octanol–water partition coefficient (Wildman–Crippen LogP) is 3.33. The molecule has 106 valence electrons. The minimum atomic E-state index is -0.791. The average Bonchev–Trinajstić information content (AvgIpc) is 2.88. The van der Waals surface area contributed by atoms with Crippen LogP contribution in [0.5, 0.6) is 0 Å². The summed E-state index contributed by atoms with van der Waals surface area (Å²) < 4.78 is 0. The number of benzene rings is 1. The number of carbonyl (C=O) groups excluding carboxylic acids is 1. The van der Waals surface area contributed by atoms with Gasteiger partial charge in [-0.05, 0) is 11.5 Å². The Morgan fingerprint density at radius 1 is 1.35 bits per heavy atom. The first-order valence-corrected chi connectivity index (χ1v) is 7.36. The Kier molecular flexibility index (Phi) is 4.87. The van der Waals surface area contributed by atoms with Crippen molar-refractivity contribution < 1.29 is 9.90 Å². The van der Waals surface area contributed by atoms with Crippen LogP contribution in [0.4, 0.5) is 5.13 Å². The van der Waals surface area contributed by atoms with Gasteiger partial charge in [0.05, 0.1) is 12.5 Å². The maximum absolute atomic E-state index is 11.9. The van der Waals surface area contributed by atoms with Crippen molar-refractivity contribution in [2.24, 2.45) is 0 Å².